The van der Waals surface area contributed by atoms with Gasteiger partial charge < -0.3 is 10.4 Å². The lowest BCUT2D eigenvalue weighted by atomic mass is 10.0. The predicted molar refractivity (Wildman–Crippen MR) is 68.0 cm³/mol. The lowest BCUT2D eigenvalue weighted by Crippen LogP contribution is -2.48. The number of sulfone groups is 1. The minimum atomic E-state index is -3.35. The largest absolute Gasteiger partial charge is 0.391 e. The molecule has 18 heavy (non-hydrogen) atoms. The highest BCUT2D eigenvalue weighted by atomic mass is 32.2. The first-order valence-electron chi connectivity index (χ1n) is 6.32. The molecular weight excluding hydrogens is 250 g/mol. The van der Waals surface area contributed by atoms with Crippen LogP contribution < -0.4 is 5.32 Å². The molecule has 4 atom stereocenters. The van der Waals surface area contributed by atoms with Gasteiger partial charge in [-0.1, -0.05) is 18.2 Å². The van der Waals surface area contributed by atoms with E-state index in [9.17, 15) is 13.5 Å². The number of aliphatic hydroxyl groups excluding tert-OH is 1. The summed E-state index contributed by atoms with van der Waals surface area (Å²) >= 11 is 0. The zero-order valence-corrected chi connectivity index (χ0v) is 10.8. The molecule has 5 heteroatoms. The molecule has 2 aliphatic heterocycles. The molecule has 2 saturated heterocycles. The molecule has 3 rings (SSSR count). The maximum atomic E-state index is 12.6. The monoisotopic (exact) mass is 267 g/mol. The SMILES string of the molecule is O=S(=O)(c1ccccc1)C1C[C@H]2CC[C@H](O)[C@@H]1N2. The predicted octanol–water partition coefficient (Wildman–Crippen LogP) is 0.714. The Morgan fingerprint density at radius 3 is 2.61 bits per heavy atom. The third-order valence-electron chi connectivity index (χ3n) is 4.04. The maximum Gasteiger partial charge on any atom is 0.182 e. The van der Waals surface area contributed by atoms with E-state index in [4.69, 9.17) is 0 Å². The van der Waals surface area contributed by atoms with Crippen LogP contribution >= 0.6 is 0 Å². The Hall–Kier alpha value is -0.910. The Morgan fingerprint density at radius 1 is 1.17 bits per heavy atom. The van der Waals surface area contributed by atoms with Gasteiger partial charge in [0, 0.05) is 6.04 Å². The molecule has 4 nitrogen and oxygen atoms in total. The van der Waals surface area contributed by atoms with Crippen LogP contribution in [-0.4, -0.2) is 37.0 Å². The van der Waals surface area contributed by atoms with Gasteiger partial charge in [-0.3, -0.25) is 0 Å². The minimum Gasteiger partial charge on any atom is -0.391 e. The Kier molecular flexibility index (Phi) is 2.92. The minimum absolute atomic E-state index is 0.238. The van der Waals surface area contributed by atoms with Crippen LogP contribution in [0.3, 0.4) is 0 Å². The molecule has 0 saturated carbocycles. The van der Waals surface area contributed by atoms with Crippen molar-refractivity contribution >= 4 is 9.84 Å². The first kappa shape index (κ1) is 12.1. The van der Waals surface area contributed by atoms with Gasteiger partial charge in [0.1, 0.15) is 0 Å². The highest BCUT2D eigenvalue weighted by molar-refractivity contribution is 7.92. The van der Waals surface area contributed by atoms with E-state index in [1.54, 1.807) is 30.3 Å². The number of hydrogen-bond donors (Lipinski definition) is 2. The number of hydrogen-bond acceptors (Lipinski definition) is 4. The summed E-state index contributed by atoms with van der Waals surface area (Å²) in [7, 11) is -3.35. The molecule has 0 radical (unpaired) electrons. The van der Waals surface area contributed by atoms with E-state index in [2.05, 4.69) is 5.32 Å². The molecule has 98 valence electrons. The van der Waals surface area contributed by atoms with Gasteiger partial charge in [-0.25, -0.2) is 8.42 Å². The second kappa shape index (κ2) is 4.33. The molecule has 0 aromatic heterocycles. The number of benzene rings is 1. The average molecular weight is 267 g/mol. The van der Waals surface area contributed by atoms with Crippen LogP contribution in [0, 0.1) is 0 Å². The third kappa shape index (κ3) is 1.86. The Bertz CT molecular complexity index is 528. The van der Waals surface area contributed by atoms with Crippen molar-refractivity contribution in [3.63, 3.8) is 0 Å². The summed E-state index contributed by atoms with van der Waals surface area (Å²) in [6.07, 6.45) is 1.62. The van der Waals surface area contributed by atoms with Gasteiger partial charge in [0.2, 0.25) is 0 Å². The van der Waals surface area contributed by atoms with Crippen LogP contribution in [0.1, 0.15) is 19.3 Å². The molecule has 2 heterocycles. The van der Waals surface area contributed by atoms with Gasteiger partial charge in [-0.2, -0.15) is 0 Å². The van der Waals surface area contributed by atoms with Crippen molar-refractivity contribution in [3.8, 4) is 0 Å². The zero-order valence-electron chi connectivity index (χ0n) is 9.99. The van der Waals surface area contributed by atoms with Crippen molar-refractivity contribution in [2.75, 3.05) is 0 Å². The third-order valence-corrected chi connectivity index (χ3v) is 6.25. The van der Waals surface area contributed by atoms with Crippen LogP contribution in [0.4, 0.5) is 0 Å². The van der Waals surface area contributed by atoms with Crippen molar-refractivity contribution in [2.24, 2.45) is 0 Å². The summed E-state index contributed by atoms with van der Waals surface area (Å²) in [6.45, 7) is 0. The van der Waals surface area contributed by atoms with E-state index in [0.717, 1.165) is 6.42 Å². The highest BCUT2D eigenvalue weighted by Gasteiger charge is 2.48. The molecule has 2 aliphatic rings. The highest BCUT2D eigenvalue weighted by Crippen LogP contribution is 2.34. The summed E-state index contributed by atoms with van der Waals surface area (Å²) in [4.78, 5) is 0.358. The van der Waals surface area contributed by atoms with Crippen molar-refractivity contribution < 1.29 is 13.5 Å². The van der Waals surface area contributed by atoms with E-state index in [-0.39, 0.29) is 12.1 Å². The smallest absolute Gasteiger partial charge is 0.182 e. The summed E-state index contributed by atoms with van der Waals surface area (Å²) in [6, 6.07) is 8.46. The van der Waals surface area contributed by atoms with Gasteiger partial charge in [-0.15, -0.1) is 0 Å². The number of fused-ring (bicyclic) bond motifs is 2. The summed E-state index contributed by atoms with van der Waals surface area (Å²) in [5.41, 5.74) is 0. The average Bonchev–Trinajstić information content (AvgIpc) is 2.75. The molecule has 1 aromatic rings. The summed E-state index contributed by atoms with van der Waals surface area (Å²) < 4.78 is 25.1. The van der Waals surface area contributed by atoms with E-state index < -0.39 is 21.2 Å². The molecule has 2 N–H and O–H groups in total. The van der Waals surface area contributed by atoms with Crippen LogP contribution in [0.5, 0.6) is 0 Å². The van der Waals surface area contributed by atoms with Crippen molar-refractivity contribution in [2.45, 2.75) is 47.6 Å². The van der Waals surface area contributed by atoms with Crippen molar-refractivity contribution in [3.05, 3.63) is 30.3 Å². The normalized spacial score (nSPS) is 35.6. The molecule has 2 fully saturated rings. The first-order valence-corrected chi connectivity index (χ1v) is 7.87. The fourth-order valence-electron chi connectivity index (χ4n) is 3.09. The molecule has 2 bridgehead atoms. The number of nitrogens with one attached hydrogen (secondary N) is 1. The quantitative estimate of drug-likeness (QED) is 0.828. The van der Waals surface area contributed by atoms with Crippen molar-refractivity contribution in [1.82, 2.24) is 5.32 Å². The molecule has 0 spiro atoms. The fraction of sp³-hybridized carbons (Fsp3) is 0.538. The van der Waals surface area contributed by atoms with Crippen molar-refractivity contribution in [1.29, 1.82) is 0 Å². The van der Waals surface area contributed by atoms with E-state index >= 15 is 0 Å². The van der Waals surface area contributed by atoms with Gasteiger partial charge in [0.25, 0.3) is 0 Å². The number of piperidine rings is 1. The van der Waals surface area contributed by atoms with E-state index in [1.807, 2.05) is 0 Å². The van der Waals surface area contributed by atoms with Crippen LogP contribution in [0.25, 0.3) is 0 Å². The zero-order chi connectivity index (χ0) is 12.8. The Balaban J connectivity index is 1.96. The Labute approximate surface area is 107 Å². The number of aliphatic hydroxyl groups is 1. The summed E-state index contributed by atoms with van der Waals surface area (Å²) in [5.74, 6) is 0. The number of rotatable bonds is 2. The topological polar surface area (TPSA) is 66.4 Å². The fourth-order valence-corrected chi connectivity index (χ4v) is 5.11. The first-order chi connectivity index (χ1) is 8.59. The van der Waals surface area contributed by atoms with Gasteiger partial charge in [0.05, 0.1) is 22.3 Å². The van der Waals surface area contributed by atoms with E-state index in [0.29, 0.717) is 17.7 Å². The lowest BCUT2D eigenvalue weighted by Gasteiger charge is -2.28. The second-order valence-corrected chi connectivity index (χ2v) is 7.33. The molecule has 1 unspecified atom stereocenters. The van der Waals surface area contributed by atoms with E-state index in [1.165, 1.54) is 0 Å². The maximum absolute atomic E-state index is 12.6. The Morgan fingerprint density at radius 2 is 1.89 bits per heavy atom. The van der Waals surface area contributed by atoms with Crippen LogP contribution in [0.15, 0.2) is 35.2 Å². The summed E-state index contributed by atoms with van der Waals surface area (Å²) in [5, 5.41) is 12.7. The van der Waals surface area contributed by atoms with Gasteiger partial charge >= 0.3 is 0 Å². The van der Waals surface area contributed by atoms with Crippen LogP contribution in [0.2, 0.25) is 0 Å². The standard InChI is InChI=1S/C13H17NO3S/c15-11-7-6-9-8-12(13(11)14-9)18(16,17)10-4-2-1-3-5-10/h1-5,9,11-15H,6-8H2/t9-,11+,12?,13+/m1/s1. The van der Waals surface area contributed by atoms with Gasteiger partial charge in [-0.05, 0) is 31.4 Å². The molecule has 0 aliphatic carbocycles. The molecule has 0 amide bonds. The lowest BCUT2D eigenvalue weighted by molar-refractivity contribution is 0.104. The molecule has 1 aromatic carbocycles. The second-order valence-electron chi connectivity index (χ2n) is 5.17. The molecular formula is C13H17NO3S. The van der Waals surface area contributed by atoms with Crippen LogP contribution in [-0.2, 0) is 9.84 Å². The van der Waals surface area contributed by atoms with Gasteiger partial charge in [0.15, 0.2) is 9.84 Å².